The fraction of sp³-hybridized carbons (Fsp3) is 0.333. The normalized spacial score (nSPS) is 11.5. The van der Waals surface area contributed by atoms with Crippen molar-refractivity contribution in [3.8, 4) is 0 Å². The predicted octanol–water partition coefficient (Wildman–Crippen LogP) is 4.92. The smallest absolute Gasteiger partial charge is 0.338 e. The van der Waals surface area contributed by atoms with E-state index in [-0.39, 0.29) is 12.0 Å². The van der Waals surface area contributed by atoms with Crippen molar-refractivity contribution in [2.24, 2.45) is 0 Å². The molecule has 0 aliphatic heterocycles. The zero-order valence-electron chi connectivity index (χ0n) is 15.8. The summed E-state index contributed by atoms with van der Waals surface area (Å²) in [5, 5.41) is 7.15. The number of hydrogen-bond acceptors (Lipinski definition) is 3. The van der Waals surface area contributed by atoms with Crippen LogP contribution < -0.4 is 10.6 Å². The molecule has 0 saturated carbocycles. The molecule has 0 unspecified atom stereocenters. The summed E-state index contributed by atoms with van der Waals surface area (Å²) in [6, 6.07) is 14.0. The van der Waals surface area contributed by atoms with Crippen LogP contribution in [-0.4, -0.2) is 17.7 Å². The zero-order valence-corrected chi connectivity index (χ0v) is 16.6. The Bertz CT molecular complexity index is 772. The highest BCUT2D eigenvalue weighted by Crippen LogP contribution is 2.20. The second-order valence-electron chi connectivity index (χ2n) is 6.22. The highest BCUT2D eigenvalue weighted by atomic mass is 32.1. The van der Waals surface area contributed by atoms with E-state index < -0.39 is 0 Å². The van der Waals surface area contributed by atoms with Crippen molar-refractivity contribution in [1.82, 2.24) is 5.32 Å². The predicted molar refractivity (Wildman–Crippen MR) is 111 cm³/mol. The summed E-state index contributed by atoms with van der Waals surface area (Å²) in [5.41, 5.74) is 4.79. The Balaban J connectivity index is 2.04. The van der Waals surface area contributed by atoms with Crippen molar-refractivity contribution >= 4 is 29.0 Å². The molecule has 138 valence electrons. The van der Waals surface area contributed by atoms with Crippen LogP contribution in [0.15, 0.2) is 42.5 Å². The zero-order chi connectivity index (χ0) is 19.1. The first-order valence-corrected chi connectivity index (χ1v) is 9.27. The Hall–Kier alpha value is -2.40. The minimum absolute atomic E-state index is 0.148. The summed E-state index contributed by atoms with van der Waals surface area (Å²) in [5.74, 6) is -0.312. The van der Waals surface area contributed by atoms with E-state index in [4.69, 9.17) is 17.0 Å². The number of aryl methyl sites for hydroxylation is 2. The molecule has 0 bridgehead atoms. The molecule has 2 aromatic carbocycles. The molecule has 0 fully saturated rings. The van der Waals surface area contributed by atoms with E-state index in [0.29, 0.717) is 17.3 Å². The largest absolute Gasteiger partial charge is 0.462 e. The third-order valence-electron chi connectivity index (χ3n) is 4.18. The average molecular weight is 371 g/mol. The van der Waals surface area contributed by atoms with Crippen molar-refractivity contribution in [2.45, 2.75) is 40.2 Å². The van der Waals surface area contributed by atoms with Crippen LogP contribution in [0, 0.1) is 13.8 Å². The molecule has 2 N–H and O–H groups in total. The van der Waals surface area contributed by atoms with Gasteiger partial charge in [0.2, 0.25) is 0 Å². The SMILES string of the molecule is CCOC(=O)c1ccc(NC(=S)N[C@H](CC)c2ccc(C)cc2)c(C)c1. The van der Waals surface area contributed by atoms with Crippen LogP contribution in [0.25, 0.3) is 0 Å². The first kappa shape index (κ1) is 19.9. The van der Waals surface area contributed by atoms with E-state index >= 15 is 0 Å². The highest BCUT2D eigenvalue weighted by molar-refractivity contribution is 7.80. The Labute approximate surface area is 161 Å². The molecule has 0 spiro atoms. The van der Waals surface area contributed by atoms with E-state index in [9.17, 15) is 4.79 Å². The quantitative estimate of drug-likeness (QED) is 0.558. The molecule has 0 aliphatic carbocycles. The van der Waals surface area contributed by atoms with Crippen LogP contribution in [0.4, 0.5) is 5.69 Å². The molecule has 0 aliphatic rings. The van der Waals surface area contributed by atoms with Gasteiger partial charge in [0.05, 0.1) is 18.2 Å². The van der Waals surface area contributed by atoms with Gasteiger partial charge in [-0.2, -0.15) is 0 Å². The van der Waals surface area contributed by atoms with Crippen molar-refractivity contribution in [3.05, 3.63) is 64.7 Å². The number of anilines is 1. The van der Waals surface area contributed by atoms with Crippen molar-refractivity contribution in [3.63, 3.8) is 0 Å². The van der Waals surface area contributed by atoms with Gasteiger partial charge >= 0.3 is 5.97 Å². The van der Waals surface area contributed by atoms with Gasteiger partial charge in [-0.15, -0.1) is 0 Å². The number of rotatable bonds is 6. The summed E-state index contributed by atoms with van der Waals surface area (Å²) in [6.45, 7) is 8.30. The summed E-state index contributed by atoms with van der Waals surface area (Å²) in [6.07, 6.45) is 0.922. The number of nitrogens with one attached hydrogen (secondary N) is 2. The van der Waals surface area contributed by atoms with Crippen molar-refractivity contribution in [1.29, 1.82) is 0 Å². The molecule has 0 heterocycles. The summed E-state index contributed by atoms with van der Waals surface area (Å²) < 4.78 is 5.03. The third-order valence-corrected chi connectivity index (χ3v) is 4.40. The lowest BCUT2D eigenvalue weighted by molar-refractivity contribution is 0.0526. The fourth-order valence-electron chi connectivity index (χ4n) is 2.68. The van der Waals surface area contributed by atoms with Gasteiger partial charge in [-0.1, -0.05) is 36.8 Å². The third kappa shape index (κ3) is 5.30. The van der Waals surface area contributed by atoms with Gasteiger partial charge in [0, 0.05) is 5.69 Å². The second-order valence-corrected chi connectivity index (χ2v) is 6.63. The van der Waals surface area contributed by atoms with Gasteiger partial charge in [0.25, 0.3) is 0 Å². The molecule has 2 rings (SSSR count). The standard InChI is InChI=1S/C21H26N2O2S/c1-5-18(16-9-7-14(3)8-10-16)22-21(26)23-19-12-11-17(13-15(19)4)20(24)25-6-2/h7-13,18H,5-6H2,1-4H3,(H2,22,23,26)/t18-/m1/s1. The van der Waals surface area contributed by atoms with E-state index in [1.807, 2.05) is 13.0 Å². The van der Waals surface area contributed by atoms with E-state index in [1.165, 1.54) is 11.1 Å². The van der Waals surface area contributed by atoms with Crippen LogP contribution in [0.1, 0.15) is 53.4 Å². The molecular weight excluding hydrogens is 344 g/mol. The number of esters is 1. The van der Waals surface area contributed by atoms with Crippen molar-refractivity contribution in [2.75, 3.05) is 11.9 Å². The Morgan fingerprint density at radius 2 is 1.81 bits per heavy atom. The lowest BCUT2D eigenvalue weighted by atomic mass is 10.0. The van der Waals surface area contributed by atoms with Gasteiger partial charge in [-0.05, 0) is 68.7 Å². The molecule has 0 aromatic heterocycles. The monoisotopic (exact) mass is 370 g/mol. The Kier molecular flexibility index (Phi) is 7.16. The maximum Gasteiger partial charge on any atom is 0.338 e. The second kappa shape index (κ2) is 9.34. The summed E-state index contributed by atoms with van der Waals surface area (Å²) in [4.78, 5) is 11.8. The topological polar surface area (TPSA) is 50.4 Å². The van der Waals surface area contributed by atoms with Gasteiger partial charge < -0.3 is 15.4 Å². The summed E-state index contributed by atoms with van der Waals surface area (Å²) >= 11 is 5.48. The number of hydrogen-bond donors (Lipinski definition) is 2. The van der Waals surface area contributed by atoms with Gasteiger partial charge in [0.1, 0.15) is 0 Å². The van der Waals surface area contributed by atoms with Crippen LogP contribution in [0.3, 0.4) is 0 Å². The van der Waals surface area contributed by atoms with Crippen LogP contribution in [-0.2, 0) is 4.74 Å². The molecule has 0 saturated heterocycles. The molecule has 0 amide bonds. The Morgan fingerprint density at radius 3 is 2.38 bits per heavy atom. The molecule has 4 nitrogen and oxygen atoms in total. The molecule has 0 radical (unpaired) electrons. The molecule has 2 aromatic rings. The van der Waals surface area contributed by atoms with Gasteiger partial charge in [-0.25, -0.2) is 4.79 Å². The lowest BCUT2D eigenvalue weighted by Gasteiger charge is -2.21. The number of carbonyl (C=O) groups is 1. The fourth-order valence-corrected chi connectivity index (χ4v) is 2.93. The molecule has 5 heteroatoms. The first-order chi connectivity index (χ1) is 12.4. The van der Waals surface area contributed by atoms with Crippen molar-refractivity contribution < 1.29 is 9.53 Å². The van der Waals surface area contributed by atoms with E-state index in [2.05, 4.69) is 48.7 Å². The number of thiocarbonyl (C=S) groups is 1. The molecule has 1 atom stereocenters. The van der Waals surface area contributed by atoms with Crippen LogP contribution in [0.2, 0.25) is 0 Å². The average Bonchev–Trinajstić information content (AvgIpc) is 2.62. The minimum atomic E-state index is -0.312. The molecule has 26 heavy (non-hydrogen) atoms. The maximum atomic E-state index is 11.8. The Morgan fingerprint density at radius 1 is 1.12 bits per heavy atom. The van der Waals surface area contributed by atoms with Gasteiger partial charge in [0.15, 0.2) is 5.11 Å². The highest BCUT2D eigenvalue weighted by Gasteiger charge is 2.12. The minimum Gasteiger partial charge on any atom is -0.462 e. The van der Waals surface area contributed by atoms with E-state index in [1.54, 1.807) is 19.1 Å². The molecular formula is C21H26N2O2S. The number of ether oxygens (including phenoxy) is 1. The van der Waals surface area contributed by atoms with Crippen LogP contribution in [0.5, 0.6) is 0 Å². The van der Waals surface area contributed by atoms with E-state index in [0.717, 1.165) is 17.7 Å². The first-order valence-electron chi connectivity index (χ1n) is 8.86. The van der Waals surface area contributed by atoms with Crippen LogP contribution >= 0.6 is 12.2 Å². The maximum absolute atomic E-state index is 11.8. The van der Waals surface area contributed by atoms with Gasteiger partial charge in [-0.3, -0.25) is 0 Å². The lowest BCUT2D eigenvalue weighted by Crippen LogP contribution is -2.32. The number of benzene rings is 2. The summed E-state index contributed by atoms with van der Waals surface area (Å²) in [7, 11) is 0. The number of carbonyl (C=O) groups excluding carboxylic acids is 1.